The first kappa shape index (κ1) is 24.9. The molecule has 0 amide bonds. The molecule has 0 saturated heterocycles. The zero-order valence-electron chi connectivity index (χ0n) is 20.0. The van der Waals surface area contributed by atoms with Gasteiger partial charge < -0.3 is 5.32 Å². The van der Waals surface area contributed by atoms with Crippen LogP contribution in [-0.4, -0.2) is 15.0 Å². The Balaban J connectivity index is 1.61. The lowest BCUT2D eigenvalue weighted by atomic mass is 9.94. The summed E-state index contributed by atoms with van der Waals surface area (Å²) in [7, 11) is -3.74. The number of nitrogens with one attached hydrogen (secondary N) is 2. The van der Waals surface area contributed by atoms with Crippen molar-refractivity contribution in [2.45, 2.75) is 36.7 Å². The van der Waals surface area contributed by atoms with Crippen molar-refractivity contribution in [3.63, 3.8) is 0 Å². The van der Waals surface area contributed by atoms with E-state index in [1.165, 1.54) is 5.56 Å². The summed E-state index contributed by atoms with van der Waals surface area (Å²) >= 11 is 0. The van der Waals surface area contributed by atoms with Crippen molar-refractivity contribution < 1.29 is 8.42 Å². The van der Waals surface area contributed by atoms with Gasteiger partial charge in [-0.25, -0.2) is 13.1 Å². The number of hydrogen-bond donors (Lipinski definition) is 2. The molecule has 4 nitrogen and oxygen atoms in total. The van der Waals surface area contributed by atoms with E-state index in [0.29, 0.717) is 0 Å². The maximum atomic E-state index is 13.4. The Labute approximate surface area is 209 Å². The molecule has 0 radical (unpaired) electrons. The highest BCUT2D eigenvalue weighted by Gasteiger charge is 2.29. The molecule has 0 saturated carbocycles. The third-order valence-electron chi connectivity index (χ3n) is 6.11. The Morgan fingerprint density at radius 2 is 1.17 bits per heavy atom. The molecule has 180 valence electrons. The highest BCUT2D eigenvalue weighted by atomic mass is 32.2. The largest absolute Gasteiger partial charge is 0.308 e. The number of benzene rings is 4. The Kier molecular flexibility index (Phi) is 8.48. The van der Waals surface area contributed by atoms with Crippen LogP contribution in [0, 0.1) is 6.92 Å². The summed E-state index contributed by atoms with van der Waals surface area (Å²) in [5.41, 5.74) is 4.26. The van der Waals surface area contributed by atoms with Gasteiger partial charge in [0.15, 0.2) is 0 Å². The van der Waals surface area contributed by atoms with Crippen LogP contribution in [0.4, 0.5) is 0 Å². The molecular formula is C30H32N2O2S. The smallest absolute Gasteiger partial charge is 0.241 e. The van der Waals surface area contributed by atoms with Gasteiger partial charge in [0.05, 0.1) is 17.0 Å². The van der Waals surface area contributed by atoms with E-state index in [1.807, 2.05) is 85.8 Å². The van der Waals surface area contributed by atoms with E-state index >= 15 is 0 Å². The molecule has 4 aromatic carbocycles. The maximum absolute atomic E-state index is 13.4. The summed E-state index contributed by atoms with van der Waals surface area (Å²) < 4.78 is 29.9. The summed E-state index contributed by atoms with van der Waals surface area (Å²) in [6.07, 6.45) is 1.90. The lowest BCUT2D eigenvalue weighted by Crippen LogP contribution is -2.39. The first-order chi connectivity index (χ1) is 17.0. The lowest BCUT2D eigenvalue weighted by molar-refractivity contribution is 0.420. The van der Waals surface area contributed by atoms with Crippen molar-refractivity contribution in [1.29, 1.82) is 0 Å². The van der Waals surface area contributed by atoms with Crippen LogP contribution in [0.5, 0.6) is 0 Å². The Bertz CT molecular complexity index is 1280. The SMILES string of the molecule is Cc1ccc(S(=O)(=O)N[C@H](c2ccccc2)[C@@H](NCCCc2ccccc2)c2ccccc2)cc1. The predicted molar refractivity (Wildman–Crippen MR) is 143 cm³/mol. The molecule has 4 rings (SSSR count). The molecule has 0 aliphatic rings. The minimum atomic E-state index is -3.74. The molecule has 2 atom stereocenters. The van der Waals surface area contributed by atoms with Gasteiger partial charge in [-0.15, -0.1) is 0 Å². The van der Waals surface area contributed by atoms with Gasteiger partial charge in [0.1, 0.15) is 0 Å². The van der Waals surface area contributed by atoms with Gasteiger partial charge in [-0.1, -0.05) is 109 Å². The third-order valence-corrected chi connectivity index (χ3v) is 7.57. The van der Waals surface area contributed by atoms with Crippen molar-refractivity contribution >= 4 is 10.0 Å². The first-order valence-corrected chi connectivity index (χ1v) is 13.5. The molecule has 5 heteroatoms. The normalized spacial score (nSPS) is 13.3. The van der Waals surface area contributed by atoms with E-state index in [4.69, 9.17) is 0 Å². The van der Waals surface area contributed by atoms with Crippen molar-refractivity contribution in [3.05, 3.63) is 138 Å². The van der Waals surface area contributed by atoms with Crippen LogP contribution in [0.3, 0.4) is 0 Å². The van der Waals surface area contributed by atoms with Gasteiger partial charge in [0.2, 0.25) is 10.0 Å². The molecular weight excluding hydrogens is 452 g/mol. The van der Waals surface area contributed by atoms with Gasteiger partial charge in [-0.2, -0.15) is 0 Å². The van der Waals surface area contributed by atoms with Gasteiger partial charge in [-0.3, -0.25) is 0 Å². The topological polar surface area (TPSA) is 58.2 Å². The molecule has 0 heterocycles. The van der Waals surface area contributed by atoms with E-state index in [2.05, 4.69) is 34.3 Å². The maximum Gasteiger partial charge on any atom is 0.241 e. The van der Waals surface area contributed by atoms with E-state index < -0.39 is 16.1 Å². The molecule has 35 heavy (non-hydrogen) atoms. The molecule has 0 aromatic heterocycles. The predicted octanol–water partition coefficient (Wildman–Crippen LogP) is 5.98. The molecule has 0 fully saturated rings. The van der Waals surface area contributed by atoms with Gasteiger partial charge in [0, 0.05) is 0 Å². The number of hydrogen-bond acceptors (Lipinski definition) is 3. The average molecular weight is 485 g/mol. The van der Waals surface area contributed by atoms with Crippen LogP contribution in [0.2, 0.25) is 0 Å². The highest BCUT2D eigenvalue weighted by molar-refractivity contribution is 7.89. The minimum absolute atomic E-state index is 0.241. The second-order valence-electron chi connectivity index (χ2n) is 8.75. The molecule has 0 aliphatic carbocycles. The van der Waals surface area contributed by atoms with Crippen molar-refractivity contribution in [2.75, 3.05) is 6.54 Å². The number of aryl methyl sites for hydroxylation is 2. The first-order valence-electron chi connectivity index (χ1n) is 12.0. The van der Waals surface area contributed by atoms with Gasteiger partial charge >= 0.3 is 0 Å². The molecule has 0 unspecified atom stereocenters. The third kappa shape index (κ3) is 6.89. The summed E-state index contributed by atoms with van der Waals surface area (Å²) in [4.78, 5) is 0.264. The second-order valence-corrected chi connectivity index (χ2v) is 10.5. The Hall–Kier alpha value is -3.25. The lowest BCUT2D eigenvalue weighted by Gasteiger charge is -2.30. The van der Waals surface area contributed by atoms with E-state index in [1.54, 1.807) is 12.1 Å². The second kappa shape index (κ2) is 11.9. The molecule has 0 spiro atoms. The highest BCUT2D eigenvalue weighted by Crippen LogP contribution is 2.31. The Morgan fingerprint density at radius 3 is 1.74 bits per heavy atom. The summed E-state index contributed by atoms with van der Waals surface area (Å²) in [5, 5.41) is 3.66. The quantitative estimate of drug-likeness (QED) is 0.258. The van der Waals surface area contributed by atoms with Gasteiger partial charge in [-0.05, 0) is 55.1 Å². The van der Waals surface area contributed by atoms with Crippen LogP contribution in [0.15, 0.2) is 120 Å². The molecule has 2 N–H and O–H groups in total. The van der Waals surface area contributed by atoms with Crippen LogP contribution in [-0.2, 0) is 16.4 Å². The Morgan fingerprint density at radius 1 is 0.657 bits per heavy atom. The van der Waals surface area contributed by atoms with Crippen molar-refractivity contribution in [3.8, 4) is 0 Å². The van der Waals surface area contributed by atoms with E-state index in [9.17, 15) is 8.42 Å². The number of sulfonamides is 1. The fraction of sp³-hybridized carbons (Fsp3) is 0.200. The van der Waals surface area contributed by atoms with Crippen LogP contribution in [0.25, 0.3) is 0 Å². The average Bonchev–Trinajstić information content (AvgIpc) is 2.89. The van der Waals surface area contributed by atoms with Crippen LogP contribution >= 0.6 is 0 Å². The standard InChI is InChI=1S/C30H32N2O2S/c1-24-19-21-28(22-20-24)35(33,34)32-30(27-17-9-4-10-18-27)29(26-15-7-3-8-16-26)31-23-11-14-25-12-5-2-6-13-25/h2-10,12-13,15-22,29-32H,11,14,23H2,1H3/t29-,30+/m0/s1. The summed E-state index contributed by atoms with van der Waals surface area (Å²) in [6, 6.07) is 36.5. The zero-order valence-corrected chi connectivity index (χ0v) is 20.8. The zero-order chi connectivity index (χ0) is 24.5. The molecule has 0 aliphatic heterocycles. The fourth-order valence-corrected chi connectivity index (χ4v) is 5.46. The fourth-order valence-electron chi connectivity index (χ4n) is 4.22. The number of rotatable bonds is 11. The molecule has 4 aromatic rings. The van der Waals surface area contributed by atoms with Crippen LogP contribution in [0.1, 0.15) is 40.8 Å². The monoisotopic (exact) mass is 484 g/mol. The van der Waals surface area contributed by atoms with Crippen molar-refractivity contribution in [2.24, 2.45) is 0 Å². The van der Waals surface area contributed by atoms with Crippen LogP contribution < -0.4 is 10.0 Å². The summed E-state index contributed by atoms with van der Waals surface area (Å²) in [6.45, 7) is 2.70. The van der Waals surface area contributed by atoms with E-state index in [-0.39, 0.29) is 10.9 Å². The summed E-state index contributed by atoms with van der Waals surface area (Å²) in [5.74, 6) is 0. The molecule has 0 bridgehead atoms. The van der Waals surface area contributed by atoms with Crippen molar-refractivity contribution in [1.82, 2.24) is 10.0 Å². The van der Waals surface area contributed by atoms with Gasteiger partial charge in [0.25, 0.3) is 0 Å². The minimum Gasteiger partial charge on any atom is -0.308 e. The van der Waals surface area contributed by atoms with E-state index in [0.717, 1.165) is 36.1 Å².